The molecule has 0 spiro atoms. The van der Waals surface area contributed by atoms with E-state index in [4.69, 9.17) is 0 Å². The first-order valence-electron chi connectivity index (χ1n) is 10.2. The van der Waals surface area contributed by atoms with Gasteiger partial charge >= 0.3 is 0 Å². The Labute approximate surface area is 182 Å². The third-order valence-corrected chi connectivity index (χ3v) is 5.71. The second-order valence-electron chi connectivity index (χ2n) is 7.63. The van der Waals surface area contributed by atoms with Crippen molar-refractivity contribution in [2.24, 2.45) is 0 Å². The summed E-state index contributed by atoms with van der Waals surface area (Å²) in [7, 11) is 0. The van der Waals surface area contributed by atoms with Crippen LogP contribution in [0.1, 0.15) is 50.3 Å². The van der Waals surface area contributed by atoms with Crippen molar-refractivity contribution in [2.45, 2.75) is 65.6 Å². The number of hydrogen-bond donors (Lipinski definition) is 1. The number of halogens is 1. The number of aryl methyl sites for hydroxylation is 2. The van der Waals surface area contributed by atoms with Gasteiger partial charge in [0.2, 0.25) is 11.8 Å². The van der Waals surface area contributed by atoms with Gasteiger partial charge in [0.05, 0.1) is 0 Å². The summed E-state index contributed by atoms with van der Waals surface area (Å²) in [6.07, 6.45) is 1.89. The molecule has 4 nitrogen and oxygen atoms in total. The first kappa shape index (κ1) is 23.1. The van der Waals surface area contributed by atoms with Crippen molar-refractivity contribution in [2.75, 3.05) is 0 Å². The zero-order valence-corrected chi connectivity index (χ0v) is 19.3. The van der Waals surface area contributed by atoms with Crippen LogP contribution in [0.4, 0.5) is 0 Å². The normalized spacial score (nSPS) is 12.9. The summed E-state index contributed by atoms with van der Waals surface area (Å²) >= 11 is 3.44. The molecule has 2 aromatic carbocycles. The van der Waals surface area contributed by atoms with Gasteiger partial charge in [-0.15, -0.1) is 0 Å². The van der Waals surface area contributed by atoms with Gasteiger partial charge in [0.1, 0.15) is 6.04 Å². The van der Waals surface area contributed by atoms with Gasteiger partial charge in [-0.25, -0.2) is 0 Å². The highest BCUT2D eigenvalue weighted by Crippen LogP contribution is 2.16. The Hall–Kier alpha value is -2.14. The summed E-state index contributed by atoms with van der Waals surface area (Å²) in [6.45, 7) is 8.27. The maximum absolute atomic E-state index is 13.1. The number of benzene rings is 2. The molecule has 0 radical (unpaired) electrons. The quantitative estimate of drug-likeness (QED) is 0.573. The fraction of sp³-hybridized carbons (Fsp3) is 0.417. The van der Waals surface area contributed by atoms with Crippen LogP contribution in [-0.4, -0.2) is 28.8 Å². The van der Waals surface area contributed by atoms with E-state index in [0.717, 1.165) is 22.0 Å². The predicted molar refractivity (Wildman–Crippen MR) is 122 cm³/mol. The van der Waals surface area contributed by atoms with Crippen molar-refractivity contribution in [1.82, 2.24) is 10.2 Å². The lowest BCUT2D eigenvalue weighted by Crippen LogP contribution is -2.49. The average molecular weight is 459 g/mol. The lowest BCUT2D eigenvalue weighted by atomic mass is 10.1. The summed E-state index contributed by atoms with van der Waals surface area (Å²) in [5, 5.41) is 3.00. The third kappa shape index (κ3) is 7.32. The Kier molecular flexibility index (Phi) is 8.90. The maximum Gasteiger partial charge on any atom is 0.242 e. The molecule has 0 unspecified atom stereocenters. The molecule has 0 heterocycles. The average Bonchev–Trinajstić information content (AvgIpc) is 2.72. The van der Waals surface area contributed by atoms with E-state index in [1.807, 2.05) is 45.0 Å². The SMILES string of the molecule is CC[C@H](C)NC(=O)[C@H](C)N(Cc1ccc(Br)cc1)C(=O)CCc1ccc(C)cc1. The summed E-state index contributed by atoms with van der Waals surface area (Å²) in [5.74, 6) is -0.125. The number of nitrogens with zero attached hydrogens (tertiary/aromatic N) is 1. The largest absolute Gasteiger partial charge is 0.352 e. The first-order valence-corrected chi connectivity index (χ1v) is 11.0. The molecule has 2 amide bonds. The number of nitrogens with one attached hydrogen (secondary N) is 1. The molecule has 5 heteroatoms. The van der Waals surface area contributed by atoms with Crippen LogP contribution in [0.5, 0.6) is 0 Å². The second kappa shape index (κ2) is 11.1. The molecular formula is C24H31BrN2O2. The predicted octanol–water partition coefficient (Wildman–Crippen LogP) is 5.02. The Balaban J connectivity index is 2.13. The Bertz CT molecular complexity index is 803. The highest BCUT2D eigenvalue weighted by atomic mass is 79.9. The molecule has 1 N–H and O–H groups in total. The molecule has 0 bridgehead atoms. The fourth-order valence-electron chi connectivity index (χ4n) is 2.98. The zero-order valence-electron chi connectivity index (χ0n) is 17.7. The van der Waals surface area contributed by atoms with E-state index >= 15 is 0 Å². The van der Waals surface area contributed by atoms with Crippen molar-refractivity contribution in [3.63, 3.8) is 0 Å². The molecule has 156 valence electrons. The fourth-order valence-corrected chi connectivity index (χ4v) is 3.25. The standard InChI is InChI=1S/C24H31BrN2O2/c1-5-18(3)26-24(29)19(4)27(16-21-10-13-22(25)14-11-21)23(28)15-12-20-8-6-17(2)7-9-20/h6-11,13-14,18-19H,5,12,15-16H2,1-4H3,(H,26,29)/t18-,19-/m0/s1. The van der Waals surface area contributed by atoms with Crippen molar-refractivity contribution in [1.29, 1.82) is 0 Å². The topological polar surface area (TPSA) is 49.4 Å². The van der Waals surface area contributed by atoms with Gasteiger partial charge in [0.25, 0.3) is 0 Å². The molecule has 2 aromatic rings. The molecule has 0 aliphatic heterocycles. The van der Waals surface area contributed by atoms with Crippen LogP contribution in [0, 0.1) is 6.92 Å². The number of rotatable bonds is 9. The molecule has 2 rings (SSSR count). The lowest BCUT2D eigenvalue weighted by molar-refractivity contribution is -0.140. The maximum atomic E-state index is 13.1. The first-order chi connectivity index (χ1) is 13.8. The zero-order chi connectivity index (χ0) is 21.4. The van der Waals surface area contributed by atoms with Crippen LogP contribution >= 0.6 is 15.9 Å². The Morgan fingerprint density at radius 3 is 2.17 bits per heavy atom. The van der Waals surface area contributed by atoms with Crippen molar-refractivity contribution >= 4 is 27.7 Å². The third-order valence-electron chi connectivity index (χ3n) is 5.18. The molecule has 0 saturated carbocycles. The second-order valence-corrected chi connectivity index (χ2v) is 8.54. The summed E-state index contributed by atoms with van der Waals surface area (Å²) in [6, 6.07) is 15.6. The molecule has 29 heavy (non-hydrogen) atoms. The van der Waals surface area contributed by atoms with Gasteiger partial charge in [-0.2, -0.15) is 0 Å². The molecule has 0 fully saturated rings. The highest BCUT2D eigenvalue weighted by molar-refractivity contribution is 9.10. The van der Waals surface area contributed by atoms with E-state index in [1.165, 1.54) is 5.56 Å². The van der Waals surface area contributed by atoms with Crippen LogP contribution in [0.25, 0.3) is 0 Å². The van der Waals surface area contributed by atoms with Crippen LogP contribution in [0.2, 0.25) is 0 Å². The number of carbonyl (C=O) groups excluding carboxylic acids is 2. The van der Waals surface area contributed by atoms with Gasteiger partial charge in [0, 0.05) is 23.5 Å². The van der Waals surface area contributed by atoms with Gasteiger partial charge in [-0.1, -0.05) is 64.8 Å². The van der Waals surface area contributed by atoms with E-state index in [2.05, 4.69) is 45.5 Å². The Morgan fingerprint density at radius 1 is 1.00 bits per heavy atom. The van der Waals surface area contributed by atoms with Crippen molar-refractivity contribution < 1.29 is 9.59 Å². The van der Waals surface area contributed by atoms with Crippen LogP contribution in [-0.2, 0) is 22.6 Å². The van der Waals surface area contributed by atoms with E-state index in [1.54, 1.807) is 11.8 Å². The van der Waals surface area contributed by atoms with Crippen LogP contribution < -0.4 is 5.32 Å². The molecule has 0 aromatic heterocycles. The van der Waals surface area contributed by atoms with Crippen LogP contribution in [0.15, 0.2) is 53.0 Å². The van der Waals surface area contributed by atoms with Gasteiger partial charge in [-0.05, 0) is 56.9 Å². The monoisotopic (exact) mass is 458 g/mol. The van der Waals surface area contributed by atoms with E-state index in [0.29, 0.717) is 19.4 Å². The minimum absolute atomic E-state index is 0.0136. The highest BCUT2D eigenvalue weighted by Gasteiger charge is 2.26. The van der Waals surface area contributed by atoms with Crippen LogP contribution in [0.3, 0.4) is 0 Å². The smallest absolute Gasteiger partial charge is 0.242 e. The number of carbonyl (C=O) groups is 2. The minimum Gasteiger partial charge on any atom is -0.352 e. The molecule has 0 saturated heterocycles. The molecule has 0 aliphatic rings. The minimum atomic E-state index is -0.529. The van der Waals surface area contributed by atoms with Gasteiger partial charge in [-0.3, -0.25) is 9.59 Å². The summed E-state index contributed by atoms with van der Waals surface area (Å²) < 4.78 is 0.987. The Morgan fingerprint density at radius 2 is 1.59 bits per heavy atom. The van der Waals surface area contributed by atoms with Crippen molar-refractivity contribution in [3.05, 3.63) is 69.7 Å². The summed E-state index contributed by atoms with van der Waals surface area (Å²) in [5.41, 5.74) is 3.33. The van der Waals surface area contributed by atoms with Gasteiger partial charge in [0.15, 0.2) is 0 Å². The molecule has 0 aliphatic carbocycles. The van der Waals surface area contributed by atoms with E-state index in [9.17, 15) is 9.59 Å². The lowest BCUT2D eigenvalue weighted by Gasteiger charge is -2.30. The summed E-state index contributed by atoms with van der Waals surface area (Å²) in [4.78, 5) is 27.5. The molecular weight excluding hydrogens is 428 g/mol. The van der Waals surface area contributed by atoms with E-state index < -0.39 is 6.04 Å². The van der Waals surface area contributed by atoms with Crippen molar-refractivity contribution in [3.8, 4) is 0 Å². The molecule has 2 atom stereocenters. The number of hydrogen-bond acceptors (Lipinski definition) is 2. The van der Waals surface area contributed by atoms with Gasteiger partial charge < -0.3 is 10.2 Å². The number of amides is 2. The van der Waals surface area contributed by atoms with E-state index in [-0.39, 0.29) is 17.9 Å².